The summed E-state index contributed by atoms with van der Waals surface area (Å²) in [6.07, 6.45) is 3.16. The number of aliphatic hydroxyl groups is 2. The van der Waals surface area contributed by atoms with Crippen LogP contribution < -0.4 is 9.64 Å². The Morgan fingerprint density at radius 3 is 2.45 bits per heavy atom. The van der Waals surface area contributed by atoms with E-state index in [2.05, 4.69) is 11.0 Å². The summed E-state index contributed by atoms with van der Waals surface area (Å²) in [4.78, 5) is 2.40. The van der Waals surface area contributed by atoms with Gasteiger partial charge in [0.05, 0.1) is 19.3 Å². The predicted octanol–water partition coefficient (Wildman–Crippen LogP) is 2.24. The summed E-state index contributed by atoms with van der Waals surface area (Å²) >= 11 is 0. The number of hydrogen-bond donors (Lipinski definition) is 2. The first-order chi connectivity index (χ1) is 9.61. The Bertz CT molecular complexity index is 475. The fourth-order valence-corrected chi connectivity index (χ4v) is 3.90. The highest BCUT2D eigenvalue weighted by Gasteiger charge is 2.41. The number of aliphatic hydroxyl groups excluding tert-OH is 2. The normalized spacial score (nSPS) is 30.4. The van der Waals surface area contributed by atoms with E-state index in [1.54, 1.807) is 14.0 Å². The van der Waals surface area contributed by atoms with Crippen LogP contribution in [0.4, 0.5) is 5.69 Å². The van der Waals surface area contributed by atoms with E-state index in [0.717, 1.165) is 42.7 Å². The molecule has 0 radical (unpaired) electrons. The molecular weight excluding hydrogens is 254 g/mol. The topological polar surface area (TPSA) is 52.9 Å². The molecule has 2 N–H and O–H groups in total. The highest BCUT2D eigenvalue weighted by Crippen LogP contribution is 2.44. The molecule has 0 spiro atoms. The molecule has 110 valence electrons. The number of benzene rings is 1. The average molecular weight is 277 g/mol. The van der Waals surface area contributed by atoms with E-state index in [-0.39, 0.29) is 6.10 Å². The Balaban J connectivity index is 2.02. The summed E-state index contributed by atoms with van der Waals surface area (Å²) in [5.74, 6) is 0.739. The first-order valence-electron chi connectivity index (χ1n) is 7.43. The van der Waals surface area contributed by atoms with Crippen LogP contribution >= 0.6 is 0 Å². The molecule has 1 aromatic rings. The molecule has 2 fully saturated rings. The smallest absolute Gasteiger partial charge is 0.126 e. The Labute approximate surface area is 120 Å². The van der Waals surface area contributed by atoms with E-state index in [9.17, 15) is 10.2 Å². The Kier molecular flexibility index (Phi) is 3.61. The van der Waals surface area contributed by atoms with Gasteiger partial charge in [-0.2, -0.15) is 0 Å². The van der Waals surface area contributed by atoms with Crippen LogP contribution in [0.5, 0.6) is 5.75 Å². The third-order valence-corrected chi connectivity index (χ3v) is 4.67. The molecule has 2 bridgehead atoms. The van der Waals surface area contributed by atoms with Crippen LogP contribution in [0, 0.1) is 0 Å². The van der Waals surface area contributed by atoms with E-state index in [0.29, 0.717) is 12.1 Å². The molecular formula is C16H23NO3. The van der Waals surface area contributed by atoms with Crippen molar-refractivity contribution in [2.75, 3.05) is 12.0 Å². The van der Waals surface area contributed by atoms with Crippen LogP contribution in [0.1, 0.15) is 44.3 Å². The fraction of sp³-hybridized carbons (Fsp3) is 0.625. The lowest BCUT2D eigenvalue weighted by Crippen LogP contribution is -2.45. The molecule has 3 unspecified atom stereocenters. The van der Waals surface area contributed by atoms with Crippen LogP contribution in [0.25, 0.3) is 0 Å². The highest BCUT2D eigenvalue weighted by atomic mass is 16.5. The van der Waals surface area contributed by atoms with Crippen molar-refractivity contribution in [1.82, 2.24) is 0 Å². The first kappa shape index (κ1) is 13.7. The third kappa shape index (κ3) is 2.17. The minimum atomic E-state index is -0.563. The van der Waals surface area contributed by atoms with Crippen LogP contribution in [-0.4, -0.2) is 35.5 Å². The molecule has 0 aliphatic carbocycles. The molecule has 0 aromatic heterocycles. The van der Waals surface area contributed by atoms with Crippen molar-refractivity contribution in [3.05, 3.63) is 23.8 Å². The predicted molar refractivity (Wildman–Crippen MR) is 78.2 cm³/mol. The van der Waals surface area contributed by atoms with E-state index in [4.69, 9.17) is 4.74 Å². The molecule has 2 heterocycles. The van der Waals surface area contributed by atoms with Gasteiger partial charge in [0.15, 0.2) is 0 Å². The number of piperidine rings is 1. The van der Waals surface area contributed by atoms with E-state index >= 15 is 0 Å². The number of anilines is 1. The van der Waals surface area contributed by atoms with Crippen molar-refractivity contribution in [2.45, 2.75) is 56.9 Å². The van der Waals surface area contributed by atoms with E-state index in [1.165, 1.54) is 0 Å². The molecule has 3 rings (SSSR count). The van der Waals surface area contributed by atoms with Crippen molar-refractivity contribution in [3.63, 3.8) is 0 Å². The van der Waals surface area contributed by atoms with Gasteiger partial charge in [0.2, 0.25) is 0 Å². The number of fused-ring (bicyclic) bond motifs is 2. The number of rotatable bonds is 3. The maximum atomic E-state index is 10.1. The molecule has 2 aliphatic rings. The van der Waals surface area contributed by atoms with Gasteiger partial charge in [-0.1, -0.05) is 6.07 Å². The number of nitrogens with zero attached hydrogens (tertiary/aromatic N) is 1. The van der Waals surface area contributed by atoms with Gasteiger partial charge >= 0.3 is 0 Å². The van der Waals surface area contributed by atoms with Gasteiger partial charge in [-0.25, -0.2) is 0 Å². The summed E-state index contributed by atoms with van der Waals surface area (Å²) < 4.78 is 5.41. The van der Waals surface area contributed by atoms with Crippen LogP contribution in [0.2, 0.25) is 0 Å². The van der Waals surface area contributed by atoms with E-state index in [1.807, 2.05) is 12.1 Å². The first-order valence-corrected chi connectivity index (χ1v) is 7.43. The highest BCUT2D eigenvalue weighted by molar-refractivity contribution is 5.62. The van der Waals surface area contributed by atoms with Gasteiger partial charge in [-0.3, -0.25) is 0 Å². The second kappa shape index (κ2) is 5.26. The minimum absolute atomic E-state index is 0.177. The van der Waals surface area contributed by atoms with Gasteiger partial charge < -0.3 is 19.8 Å². The summed E-state index contributed by atoms with van der Waals surface area (Å²) in [6.45, 7) is 1.78. The van der Waals surface area contributed by atoms with Crippen molar-refractivity contribution < 1.29 is 14.9 Å². The Morgan fingerprint density at radius 1 is 1.25 bits per heavy atom. The van der Waals surface area contributed by atoms with Crippen LogP contribution in [-0.2, 0) is 0 Å². The van der Waals surface area contributed by atoms with Crippen LogP contribution in [0.3, 0.4) is 0 Å². The van der Waals surface area contributed by atoms with Crippen LogP contribution in [0.15, 0.2) is 18.2 Å². The second-order valence-electron chi connectivity index (χ2n) is 5.99. The van der Waals surface area contributed by atoms with Crippen molar-refractivity contribution in [1.29, 1.82) is 0 Å². The lowest BCUT2D eigenvalue weighted by Gasteiger charge is -2.40. The van der Waals surface area contributed by atoms with Gasteiger partial charge in [-0.05, 0) is 44.7 Å². The van der Waals surface area contributed by atoms with Crippen molar-refractivity contribution >= 4 is 5.69 Å². The number of hydrogen-bond acceptors (Lipinski definition) is 4. The molecule has 2 aliphatic heterocycles. The fourth-order valence-electron chi connectivity index (χ4n) is 3.90. The molecule has 4 nitrogen and oxygen atoms in total. The second-order valence-corrected chi connectivity index (χ2v) is 5.99. The summed E-state index contributed by atoms with van der Waals surface area (Å²) in [5.41, 5.74) is 1.93. The molecule has 0 amide bonds. The monoisotopic (exact) mass is 277 g/mol. The van der Waals surface area contributed by atoms with Gasteiger partial charge in [0.25, 0.3) is 0 Å². The Hall–Kier alpha value is -1.26. The molecule has 1 aromatic carbocycles. The Morgan fingerprint density at radius 2 is 1.90 bits per heavy atom. The summed E-state index contributed by atoms with van der Waals surface area (Å²) in [7, 11) is 1.64. The zero-order chi connectivity index (χ0) is 14.3. The molecule has 4 heteroatoms. The lowest BCUT2D eigenvalue weighted by atomic mass is 9.96. The maximum Gasteiger partial charge on any atom is 0.126 e. The number of ether oxygens (including phenoxy) is 1. The molecule has 20 heavy (non-hydrogen) atoms. The largest absolute Gasteiger partial charge is 0.496 e. The SMILES string of the molecule is COc1cccc(N2C3CCC2CC(O)C3)c1C(C)O. The summed E-state index contributed by atoms with van der Waals surface area (Å²) in [6, 6.07) is 6.70. The molecule has 2 saturated heterocycles. The quantitative estimate of drug-likeness (QED) is 0.889. The minimum Gasteiger partial charge on any atom is -0.496 e. The van der Waals surface area contributed by atoms with Gasteiger partial charge in [0.1, 0.15) is 5.75 Å². The molecule has 3 atom stereocenters. The van der Waals surface area contributed by atoms with Crippen molar-refractivity contribution in [3.8, 4) is 5.75 Å². The number of methoxy groups -OCH3 is 1. The zero-order valence-corrected chi connectivity index (χ0v) is 12.1. The molecule has 0 saturated carbocycles. The third-order valence-electron chi connectivity index (χ3n) is 4.67. The maximum absolute atomic E-state index is 10.1. The van der Waals surface area contributed by atoms with Gasteiger partial charge in [0, 0.05) is 23.3 Å². The average Bonchev–Trinajstić information content (AvgIpc) is 2.69. The zero-order valence-electron chi connectivity index (χ0n) is 12.1. The summed E-state index contributed by atoms with van der Waals surface area (Å²) in [5, 5.41) is 20.1. The van der Waals surface area contributed by atoms with E-state index < -0.39 is 6.10 Å². The van der Waals surface area contributed by atoms with Crippen molar-refractivity contribution in [2.24, 2.45) is 0 Å². The standard InChI is InChI=1S/C16H23NO3/c1-10(18)16-14(4-3-5-15(16)20-2)17-11-6-7-12(17)9-13(19)8-11/h3-5,10-13,18-19H,6-9H2,1-2H3. The van der Waals surface area contributed by atoms with Gasteiger partial charge in [-0.15, -0.1) is 0 Å². The lowest BCUT2D eigenvalue weighted by molar-refractivity contribution is 0.126.